The molecular weight excluding hydrogens is 373 g/mol. The molecule has 0 radical (unpaired) electrons. The maximum absolute atomic E-state index is 13.3. The minimum atomic E-state index is -0.530. The van der Waals surface area contributed by atoms with E-state index in [0.29, 0.717) is 12.2 Å². The monoisotopic (exact) mass is 407 g/mol. The topological polar surface area (TPSA) is 61.9 Å². The maximum Gasteiger partial charge on any atom is 0.410 e. The Balaban J connectivity index is 1.90. The van der Waals surface area contributed by atoms with E-state index < -0.39 is 5.60 Å². The maximum atomic E-state index is 13.3. The molecule has 2 amide bonds. The van der Waals surface area contributed by atoms with Crippen molar-refractivity contribution in [2.75, 3.05) is 31.5 Å². The highest BCUT2D eigenvalue weighted by Crippen LogP contribution is 2.21. The molecule has 0 aromatic heterocycles. The fourth-order valence-corrected chi connectivity index (χ4v) is 3.51. The van der Waals surface area contributed by atoms with Gasteiger partial charge in [0.25, 0.3) is 0 Å². The second-order valence-electron chi connectivity index (χ2n) is 9.03. The quantitative estimate of drug-likeness (QED) is 0.771. The third kappa shape index (κ3) is 8.01. The fraction of sp³-hybridized carbons (Fsp3) is 0.636. The first-order chi connectivity index (χ1) is 13.5. The molecule has 1 unspecified atom stereocenters. The standard InChI is InChI=1S/C22H34FN3O3/c1-16(2)26(21(28)29-22(3,4)5)14-17-8-7-11-25(13-17)15-20(27)24-19-10-6-9-18(23)12-19/h6,9-10,12,16-17H,7-8,11,13-15H2,1-5H3,(H,24,27). The number of carbonyl (C=O) groups is 2. The van der Waals surface area contributed by atoms with E-state index in [2.05, 4.69) is 10.2 Å². The van der Waals surface area contributed by atoms with Gasteiger partial charge in [-0.3, -0.25) is 9.69 Å². The van der Waals surface area contributed by atoms with Gasteiger partial charge in [0.15, 0.2) is 0 Å². The lowest BCUT2D eigenvalue weighted by Gasteiger charge is -2.37. The Hall–Kier alpha value is -2.15. The molecule has 1 aliphatic rings. The Morgan fingerprint density at radius 2 is 2.07 bits per heavy atom. The lowest BCUT2D eigenvalue weighted by molar-refractivity contribution is -0.117. The van der Waals surface area contributed by atoms with Crippen LogP contribution in [0, 0.1) is 11.7 Å². The molecule has 162 valence electrons. The summed E-state index contributed by atoms with van der Waals surface area (Å²) in [6.45, 7) is 12.0. The zero-order valence-corrected chi connectivity index (χ0v) is 18.2. The van der Waals surface area contributed by atoms with E-state index in [9.17, 15) is 14.0 Å². The van der Waals surface area contributed by atoms with Gasteiger partial charge in [0.05, 0.1) is 6.54 Å². The first-order valence-electron chi connectivity index (χ1n) is 10.3. The summed E-state index contributed by atoms with van der Waals surface area (Å²) in [7, 11) is 0. The molecule has 0 saturated carbocycles. The molecule has 6 nitrogen and oxygen atoms in total. The molecule has 2 rings (SSSR count). The van der Waals surface area contributed by atoms with E-state index in [4.69, 9.17) is 4.74 Å². The van der Waals surface area contributed by atoms with Crippen molar-refractivity contribution >= 4 is 17.7 Å². The van der Waals surface area contributed by atoms with Crippen molar-refractivity contribution in [1.82, 2.24) is 9.80 Å². The van der Waals surface area contributed by atoms with E-state index in [-0.39, 0.29) is 36.3 Å². The van der Waals surface area contributed by atoms with Crippen molar-refractivity contribution in [1.29, 1.82) is 0 Å². The lowest BCUT2D eigenvalue weighted by atomic mass is 9.97. The molecule has 29 heavy (non-hydrogen) atoms. The van der Waals surface area contributed by atoms with Crippen molar-refractivity contribution in [3.05, 3.63) is 30.1 Å². The summed E-state index contributed by atoms with van der Waals surface area (Å²) in [6.07, 6.45) is 1.68. The van der Waals surface area contributed by atoms with Gasteiger partial charge in [0.1, 0.15) is 11.4 Å². The van der Waals surface area contributed by atoms with Crippen LogP contribution in [0.25, 0.3) is 0 Å². The number of benzene rings is 1. The average Bonchev–Trinajstić information content (AvgIpc) is 2.58. The first kappa shape index (κ1) is 23.1. The summed E-state index contributed by atoms with van der Waals surface area (Å²) in [5.41, 5.74) is -0.0721. The van der Waals surface area contributed by atoms with Gasteiger partial charge < -0.3 is 15.0 Å². The molecule has 1 heterocycles. The Morgan fingerprint density at radius 3 is 2.69 bits per heavy atom. The third-order valence-electron chi connectivity index (χ3n) is 4.78. The number of hydrogen-bond acceptors (Lipinski definition) is 4. The largest absolute Gasteiger partial charge is 0.444 e. The van der Waals surface area contributed by atoms with Crippen LogP contribution in [0.2, 0.25) is 0 Å². The zero-order valence-electron chi connectivity index (χ0n) is 18.2. The van der Waals surface area contributed by atoms with Gasteiger partial charge >= 0.3 is 6.09 Å². The van der Waals surface area contributed by atoms with E-state index >= 15 is 0 Å². The number of hydrogen-bond donors (Lipinski definition) is 1. The highest BCUT2D eigenvalue weighted by Gasteiger charge is 2.29. The third-order valence-corrected chi connectivity index (χ3v) is 4.78. The molecule has 1 fully saturated rings. The SMILES string of the molecule is CC(C)N(CC1CCCN(CC(=O)Nc2cccc(F)c2)C1)C(=O)OC(C)(C)C. The summed E-state index contributed by atoms with van der Waals surface area (Å²) in [5.74, 6) is -0.262. The van der Waals surface area contributed by atoms with Gasteiger partial charge in [0, 0.05) is 24.8 Å². The van der Waals surface area contributed by atoms with Gasteiger partial charge in [-0.2, -0.15) is 0 Å². The van der Waals surface area contributed by atoms with Crippen LogP contribution in [0.4, 0.5) is 14.9 Å². The Morgan fingerprint density at radius 1 is 1.34 bits per heavy atom. The van der Waals surface area contributed by atoms with Gasteiger partial charge in [-0.15, -0.1) is 0 Å². The van der Waals surface area contributed by atoms with Crippen LogP contribution < -0.4 is 5.32 Å². The molecule has 1 atom stereocenters. The molecule has 1 saturated heterocycles. The number of nitrogens with zero attached hydrogens (tertiary/aromatic N) is 2. The molecule has 1 N–H and O–H groups in total. The van der Waals surface area contributed by atoms with Crippen LogP contribution >= 0.6 is 0 Å². The van der Waals surface area contributed by atoms with E-state index in [0.717, 1.165) is 25.9 Å². The van der Waals surface area contributed by atoms with Crippen molar-refractivity contribution in [2.24, 2.45) is 5.92 Å². The van der Waals surface area contributed by atoms with E-state index in [1.54, 1.807) is 17.0 Å². The van der Waals surface area contributed by atoms with Crippen LogP contribution in [0.3, 0.4) is 0 Å². The first-order valence-corrected chi connectivity index (χ1v) is 10.3. The van der Waals surface area contributed by atoms with Crippen LogP contribution in [0.5, 0.6) is 0 Å². The van der Waals surface area contributed by atoms with Gasteiger partial charge in [-0.1, -0.05) is 6.07 Å². The summed E-state index contributed by atoms with van der Waals surface area (Å²) in [6, 6.07) is 5.92. The zero-order chi connectivity index (χ0) is 21.6. The molecule has 0 spiro atoms. The predicted molar refractivity (Wildman–Crippen MR) is 112 cm³/mol. The molecule has 0 bridgehead atoms. The lowest BCUT2D eigenvalue weighted by Crippen LogP contribution is -2.48. The highest BCUT2D eigenvalue weighted by atomic mass is 19.1. The summed E-state index contributed by atoms with van der Waals surface area (Å²) < 4.78 is 18.8. The molecule has 7 heteroatoms. The van der Waals surface area contributed by atoms with Gasteiger partial charge in [-0.25, -0.2) is 9.18 Å². The summed E-state index contributed by atoms with van der Waals surface area (Å²) >= 11 is 0. The van der Waals surface area contributed by atoms with Gasteiger partial charge in [0.2, 0.25) is 5.91 Å². The van der Waals surface area contributed by atoms with Crippen molar-refractivity contribution in [2.45, 2.75) is 59.1 Å². The molecule has 1 aromatic rings. The Bertz CT molecular complexity index is 703. The van der Waals surface area contributed by atoms with Gasteiger partial charge in [-0.05, 0) is 78.1 Å². The normalized spacial score (nSPS) is 17.8. The molecule has 1 aromatic carbocycles. The van der Waals surface area contributed by atoms with E-state index in [1.807, 2.05) is 34.6 Å². The van der Waals surface area contributed by atoms with Crippen molar-refractivity contribution in [3.63, 3.8) is 0 Å². The second-order valence-corrected chi connectivity index (χ2v) is 9.03. The molecule has 1 aliphatic heterocycles. The number of piperidine rings is 1. The predicted octanol–water partition coefficient (Wildman–Crippen LogP) is 4.12. The summed E-state index contributed by atoms with van der Waals surface area (Å²) in [4.78, 5) is 28.8. The number of nitrogens with one attached hydrogen (secondary N) is 1. The molecule has 0 aliphatic carbocycles. The number of likely N-dealkylation sites (tertiary alicyclic amines) is 1. The Kier molecular flexibility index (Phi) is 8.02. The molecular formula is C22H34FN3O3. The van der Waals surface area contributed by atoms with Crippen molar-refractivity contribution in [3.8, 4) is 0 Å². The van der Waals surface area contributed by atoms with Crippen LogP contribution in [0.15, 0.2) is 24.3 Å². The number of amides is 2. The minimum absolute atomic E-state index is 0.0384. The van der Waals surface area contributed by atoms with Crippen LogP contribution in [-0.4, -0.2) is 59.6 Å². The van der Waals surface area contributed by atoms with Crippen LogP contribution in [-0.2, 0) is 9.53 Å². The Labute approximate surface area is 173 Å². The van der Waals surface area contributed by atoms with Crippen LogP contribution in [0.1, 0.15) is 47.5 Å². The minimum Gasteiger partial charge on any atom is -0.444 e. The second kappa shape index (κ2) is 10.1. The van der Waals surface area contributed by atoms with Crippen molar-refractivity contribution < 1.29 is 18.7 Å². The number of ether oxygens (including phenoxy) is 1. The number of carbonyl (C=O) groups excluding carboxylic acids is 2. The number of anilines is 1. The number of halogens is 1. The average molecular weight is 408 g/mol. The highest BCUT2D eigenvalue weighted by molar-refractivity contribution is 5.92. The smallest absolute Gasteiger partial charge is 0.410 e. The number of rotatable bonds is 6. The van der Waals surface area contributed by atoms with E-state index in [1.165, 1.54) is 12.1 Å². The summed E-state index contributed by atoms with van der Waals surface area (Å²) in [5, 5.41) is 2.74. The fourth-order valence-electron chi connectivity index (χ4n) is 3.51.